The van der Waals surface area contributed by atoms with Gasteiger partial charge in [-0.05, 0) is 98.7 Å². The summed E-state index contributed by atoms with van der Waals surface area (Å²) < 4.78 is 6.36. The van der Waals surface area contributed by atoms with E-state index in [2.05, 4.69) is 47.6 Å². The fourth-order valence-corrected chi connectivity index (χ4v) is 10.8. The van der Waals surface area contributed by atoms with Crippen LogP contribution >= 0.6 is 0 Å². The van der Waals surface area contributed by atoms with Gasteiger partial charge >= 0.3 is 0 Å². The molecule has 0 aromatic heterocycles. The zero-order valence-corrected chi connectivity index (χ0v) is 22.3. The highest BCUT2D eigenvalue weighted by atomic mass is 16.5. The highest BCUT2D eigenvalue weighted by Crippen LogP contribution is 2.75. The molecule has 0 bridgehead atoms. The predicted octanol–water partition coefficient (Wildman–Crippen LogP) is 6.52. The van der Waals surface area contributed by atoms with Gasteiger partial charge in [0.25, 0.3) is 0 Å². The van der Waals surface area contributed by atoms with Crippen LogP contribution < -0.4 is 0 Å². The first kappa shape index (κ1) is 24.3. The van der Waals surface area contributed by atoms with Crippen LogP contribution in [-0.2, 0) is 4.74 Å². The molecule has 5 aliphatic carbocycles. The molecular weight excluding hydrogens is 408 g/mol. The van der Waals surface area contributed by atoms with Gasteiger partial charge in [-0.25, -0.2) is 0 Å². The van der Waals surface area contributed by atoms with Gasteiger partial charge in [0.15, 0.2) is 0 Å². The molecule has 4 fully saturated rings. The third kappa shape index (κ3) is 2.97. The molecule has 0 aromatic carbocycles. The van der Waals surface area contributed by atoms with Crippen LogP contribution in [0.15, 0.2) is 11.6 Å². The zero-order valence-electron chi connectivity index (χ0n) is 22.3. The molecule has 5 aliphatic rings. The lowest BCUT2D eigenvalue weighted by molar-refractivity contribution is -0.217. The molecule has 4 saturated carbocycles. The van der Waals surface area contributed by atoms with Gasteiger partial charge in [-0.1, -0.05) is 52.7 Å². The summed E-state index contributed by atoms with van der Waals surface area (Å²) in [7, 11) is 0. The SMILES string of the molecule is CCOC1CCCC2C3=CCC4C5(C)CCC(O)C(C)(CO)C5CCC4(C)C3(C)CCC12C. The monoisotopic (exact) mass is 458 g/mol. The highest BCUT2D eigenvalue weighted by Gasteiger charge is 2.68. The van der Waals surface area contributed by atoms with Crippen LogP contribution in [0.1, 0.15) is 106 Å². The van der Waals surface area contributed by atoms with Gasteiger partial charge in [-0.3, -0.25) is 0 Å². The maximum absolute atomic E-state index is 10.9. The van der Waals surface area contributed by atoms with E-state index in [1.165, 1.54) is 44.9 Å². The third-order valence-corrected chi connectivity index (χ3v) is 13.0. The van der Waals surface area contributed by atoms with E-state index in [0.29, 0.717) is 29.3 Å². The van der Waals surface area contributed by atoms with Crippen molar-refractivity contribution in [2.45, 2.75) is 118 Å². The van der Waals surface area contributed by atoms with Gasteiger partial charge in [-0.2, -0.15) is 0 Å². The number of aliphatic hydroxyl groups excluding tert-OH is 2. The Bertz CT molecular complexity index is 804. The second-order valence-corrected chi connectivity index (χ2v) is 13.9. The number of hydrogen-bond acceptors (Lipinski definition) is 3. The average Bonchev–Trinajstić information content (AvgIpc) is 2.78. The molecule has 5 rings (SSSR count). The second-order valence-electron chi connectivity index (χ2n) is 13.9. The van der Waals surface area contributed by atoms with E-state index < -0.39 is 0 Å². The van der Waals surface area contributed by atoms with Crippen molar-refractivity contribution in [1.29, 1.82) is 0 Å². The molecule has 0 radical (unpaired) electrons. The van der Waals surface area contributed by atoms with Crippen molar-refractivity contribution < 1.29 is 14.9 Å². The number of aliphatic hydroxyl groups is 2. The summed E-state index contributed by atoms with van der Waals surface area (Å²) in [4.78, 5) is 0. The Labute approximate surface area is 202 Å². The number of rotatable bonds is 3. The van der Waals surface area contributed by atoms with E-state index in [-0.39, 0.29) is 34.4 Å². The fraction of sp³-hybridized carbons (Fsp3) is 0.933. The fourth-order valence-electron chi connectivity index (χ4n) is 10.8. The Kier molecular flexibility index (Phi) is 5.75. The largest absolute Gasteiger partial charge is 0.396 e. The van der Waals surface area contributed by atoms with Crippen LogP contribution in [-0.4, -0.2) is 35.6 Å². The molecular formula is C30H50O3. The molecule has 3 heteroatoms. The van der Waals surface area contributed by atoms with E-state index >= 15 is 0 Å². The Morgan fingerprint density at radius 2 is 1.67 bits per heavy atom. The summed E-state index contributed by atoms with van der Waals surface area (Å²) in [5.74, 6) is 1.70. The topological polar surface area (TPSA) is 49.7 Å². The Morgan fingerprint density at radius 1 is 0.909 bits per heavy atom. The molecule has 0 heterocycles. The first-order valence-electron chi connectivity index (χ1n) is 14.1. The van der Waals surface area contributed by atoms with Gasteiger partial charge < -0.3 is 14.9 Å². The quantitative estimate of drug-likeness (QED) is 0.473. The van der Waals surface area contributed by atoms with Crippen LogP contribution in [0.5, 0.6) is 0 Å². The van der Waals surface area contributed by atoms with Crippen molar-refractivity contribution in [3.05, 3.63) is 11.6 Å². The Hall–Kier alpha value is -0.380. The van der Waals surface area contributed by atoms with Gasteiger partial charge in [-0.15, -0.1) is 0 Å². The van der Waals surface area contributed by atoms with E-state index in [1.807, 2.05) is 0 Å². The van der Waals surface area contributed by atoms with E-state index in [4.69, 9.17) is 4.74 Å². The molecule has 10 atom stereocenters. The van der Waals surface area contributed by atoms with Gasteiger partial charge in [0, 0.05) is 17.4 Å². The first-order valence-corrected chi connectivity index (χ1v) is 14.1. The summed E-state index contributed by atoms with van der Waals surface area (Å²) in [6.07, 6.45) is 14.6. The molecule has 0 aromatic rings. The van der Waals surface area contributed by atoms with Gasteiger partial charge in [0.05, 0.1) is 18.8 Å². The number of hydrogen-bond donors (Lipinski definition) is 2. The van der Waals surface area contributed by atoms with E-state index in [9.17, 15) is 10.2 Å². The van der Waals surface area contributed by atoms with Crippen molar-refractivity contribution in [2.75, 3.05) is 13.2 Å². The summed E-state index contributed by atoms with van der Waals surface area (Å²) in [6.45, 7) is 15.6. The van der Waals surface area contributed by atoms with Crippen LogP contribution in [0.25, 0.3) is 0 Å². The van der Waals surface area contributed by atoms with E-state index in [0.717, 1.165) is 25.9 Å². The molecule has 0 aliphatic heterocycles. The van der Waals surface area contributed by atoms with Crippen molar-refractivity contribution in [3.8, 4) is 0 Å². The summed E-state index contributed by atoms with van der Waals surface area (Å²) in [6, 6.07) is 0. The van der Waals surface area contributed by atoms with Crippen LogP contribution in [0.2, 0.25) is 0 Å². The van der Waals surface area contributed by atoms with E-state index in [1.54, 1.807) is 5.57 Å². The Morgan fingerprint density at radius 3 is 2.36 bits per heavy atom. The summed E-state index contributed by atoms with van der Waals surface area (Å²) >= 11 is 0. The highest BCUT2D eigenvalue weighted by molar-refractivity contribution is 5.33. The molecule has 0 saturated heterocycles. The number of ether oxygens (including phenoxy) is 1. The zero-order chi connectivity index (χ0) is 23.9. The lowest BCUT2D eigenvalue weighted by Gasteiger charge is -2.71. The van der Waals surface area contributed by atoms with Crippen LogP contribution in [0.3, 0.4) is 0 Å². The maximum atomic E-state index is 10.9. The standard InChI is InChI=1S/C30H50O3/c1-7-33-25-10-8-9-20-21-11-12-23-27(3)15-14-24(32)28(4,19-31)22(27)13-16-30(23,6)29(21,5)18-17-26(20,25)2/h11,20,22-25,31-32H,7-10,12-19H2,1-6H3. The van der Waals surface area contributed by atoms with Crippen molar-refractivity contribution in [1.82, 2.24) is 0 Å². The average molecular weight is 459 g/mol. The predicted molar refractivity (Wildman–Crippen MR) is 134 cm³/mol. The lowest BCUT2D eigenvalue weighted by Crippen LogP contribution is -2.65. The molecule has 33 heavy (non-hydrogen) atoms. The van der Waals surface area contributed by atoms with Crippen LogP contribution in [0.4, 0.5) is 0 Å². The minimum atomic E-state index is -0.372. The second kappa shape index (κ2) is 7.81. The Balaban J connectivity index is 1.54. The number of fused-ring (bicyclic) bond motifs is 7. The minimum absolute atomic E-state index is 0.107. The molecule has 188 valence electrons. The number of allylic oxidation sites excluding steroid dienone is 2. The molecule has 2 N–H and O–H groups in total. The minimum Gasteiger partial charge on any atom is -0.396 e. The first-order chi connectivity index (χ1) is 15.5. The molecule has 0 spiro atoms. The smallest absolute Gasteiger partial charge is 0.0634 e. The van der Waals surface area contributed by atoms with Crippen molar-refractivity contribution >= 4 is 0 Å². The summed E-state index contributed by atoms with van der Waals surface area (Å²) in [5.41, 5.74) is 2.44. The lowest BCUT2D eigenvalue weighted by atomic mass is 9.34. The maximum Gasteiger partial charge on any atom is 0.0634 e. The van der Waals surface area contributed by atoms with Gasteiger partial charge in [0.1, 0.15) is 0 Å². The van der Waals surface area contributed by atoms with Crippen molar-refractivity contribution in [2.24, 2.45) is 44.8 Å². The molecule has 3 nitrogen and oxygen atoms in total. The van der Waals surface area contributed by atoms with Crippen LogP contribution in [0, 0.1) is 44.8 Å². The normalized spacial score (nSPS) is 56.1. The molecule has 10 unspecified atom stereocenters. The van der Waals surface area contributed by atoms with Gasteiger partial charge in [0.2, 0.25) is 0 Å². The molecule has 0 amide bonds. The third-order valence-electron chi connectivity index (χ3n) is 13.0. The summed E-state index contributed by atoms with van der Waals surface area (Å²) in [5, 5.41) is 21.3. The van der Waals surface area contributed by atoms with Crippen molar-refractivity contribution in [3.63, 3.8) is 0 Å².